The second-order valence-electron chi connectivity index (χ2n) is 4.71. The molecule has 1 aromatic carbocycles. The zero-order chi connectivity index (χ0) is 13.4. The molecule has 0 saturated heterocycles. The summed E-state index contributed by atoms with van der Waals surface area (Å²) in [5, 5.41) is 0. The number of aromatic nitrogens is 2. The van der Waals surface area contributed by atoms with Crippen LogP contribution in [0.1, 0.15) is 11.4 Å². The Bertz CT molecular complexity index is 643. The van der Waals surface area contributed by atoms with Crippen molar-refractivity contribution in [1.29, 1.82) is 0 Å². The molecule has 0 aliphatic carbocycles. The first-order chi connectivity index (χ1) is 9.20. The van der Waals surface area contributed by atoms with E-state index >= 15 is 0 Å². The molecule has 4 nitrogen and oxygen atoms in total. The first-order valence-corrected chi connectivity index (χ1v) is 6.40. The van der Waals surface area contributed by atoms with Crippen molar-refractivity contribution in [2.24, 2.45) is 0 Å². The maximum Gasteiger partial charge on any atom is 0.132 e. The number of anilines is 1. The first kappa shape index (κ1) is 11.8. The summed E-state index contributed by atoms with van der Waals surface area (Å²) in [6.45, 7) is 7.15. The molecule has 1 aliphatic heterocycles. The van der Waals surface area contributed by atoms with E-state index in [-0.39, 0.29) is 0 Å². The Morgan fingerprint density at radius 2 is 2.37 bits per heavy atom. The molecule has 0 radical (unpaired) electrons. The van der Waals surface area contributed by atoms with E-state index in [1.54, 1.807) is 0 Å². The van der Waals surface area contributed by atoms with E-state index < -0.39 is 0 Å². The average molecular weight is 255 g/mol. The van der Waals surface area contributed by atoms with Gasteiger partial charge >= 0.3 is 0 Å². The number of fused-ring (bicyclic) bond motifs is 1. The van der Waals surface area contributed by atoms with E-state index in [0.717, 1.165) is 35.9 Å². The van der Waals surface area contributed by atoms with Gasteiger partial charge in [-0.1, -0.05) is 6.08 Å². The van der Waals surface area contributed by atoms with E-state index in [1.807, 2.05) is 29.7 Å². The Morgan fingerprint density at radius 3 is 3.16 bits per heavy atom. The molecule has 19 heavy (non-hydrogen) atoms. The quantitative estimate of drug-likeness (QED) is 0.858. The third-order valence-electron chi connectivity index (χ3n) is 3.47. The van der Waals surface area contributed by atoms with Crippen molar-refractivity contribution in [3.8, 4) is 17.0 Å². The maximum absolute atomic E-state index is 6.19. The summed E-state index contributed by atoms with van der Waals surface area (Å²) >= 11 is 0. The smallest absolute Gasteiger partial charge is 0.132 e. The summed E-state index contributed by atoms with van der Waals surface area (Å²) in [5.74, 6) is 2.57. The highest BCUT2D eigenvalue weighted by atomic mass is 16.5. The van der Waals surface area contributed by atoms with Crippen molar-refractivity contribution >= 4 is 5.82 Å². The number of ether oxygens (including phenoxy) is 1. The molecule has 1 aromatic heterocycles. The highest BCUT2D eigenvalue weighted by molar-refractivity contribution is 5.72. The van der Waals surface area contributed by atoms with Gasteiger partial charge in [0.1, 0.15) is 23.1 Å². The van der Waals surface area contributed by atoms with E-state index in [4.69, 9.17) is 10.5 Å². The van der Waals surface area contributed by atoms with E-state index in [9.17, 15) is 0 Å². The lowest BCUT2D eigenvalue weighted by Crippen LogP contribution is -2.03. The molecule has 3 rings (SSSR count). The Balaban J connectivity index is 2.07. The molecular weight excluding hydrogens is 238 g/mol. The van der Waals surface area contributed by atoms with E-state index in [2.05, 4.69) is 17.6 Å². The molecule has 1 aliphatic rings. The summed E-state index contributed by atoms with van der Waals surface area (Å²) in [6.07, 6.45) is 2.78. The van der Waals surface area contributed by atoms with Gasteiger partial charge in [0.25, 0.3) is 0 Å². The number of hydrogen-bond donors (Lipinski definition) is 1. The molecule has 0 atom stereocenters. The lowest BCUT2D eigenvalue weighted by atomic mass is 10.1. The van der Waals surface area contributed by atoms with Gasteiger partial charge < -0.3 is 15.0 Å². The Morgan fingerprint density at radius 1 is 1.53 bits per heavy atom. The van der Waals surface area contributed by atoms with Crippen LogP contribution in [0.15, 0.2) is 30.9 Å². The minimum atomic E-state index is 0.679. The number of imidazole rings is 1. The molecule has 2 N–H and O–H groups in total. The first-order valence-electron chi connectivity index (χ1n) is 6.40. The van der Waals surface area contributed by atoms with Crippen LogP contribution in [0.2, 0.25) is 0 Å². The summed E-state index contributed by atoms with van der Waals surface area (Å²) < 4.78 is 7.48. The van der Waals surface area contributed by atoms with Crippen LogP contribution >= 0.6 is 0 Å². The molecule has 0 amide bonds. The molecule has 0 bridgehead atoms. The predicted molar refractivity (Wildman–Crippen MR) is 76.2 cm³/mol. The fourth-order valence-corrected chi connectivity index (χ4v) is 2.49. The molecular formula is C15H17N3O. The van der Waals surface area contributed by atoms with Crippen LogP contribution in [0.25, 0.3) is 11.3 Å². The zero-order valence-corrected chi connectivity index (χ0v) is 11.0. The normalized spacial score (nSPS) is 13.1. The fourth-order valence-electron chi connectivity index (χ4n) is 2.49. The standard InChI is InChI=1S/C15H17N3O/c1-3-7-18-10(2)17-14(15(18)16)12-4-5-13-11(9-12)6-8-19-13/h3-5,9H,1,6-8,16H2,2H3. The molecule has 2 aromatic rings. The van der Waals surface area contributed by atoms with Crippen LogP contribution in [0.5, 0.6) is 5.75 Å². The van der Waals surface area contributed by atoms with Gasteiger partial charge in [-0.2, -0.15) is 0 Å². The molecule has 0 spiro atoms. The SMILES string of the molecule is C=CCn1c(C)nc(-c2ccc3c(c2)CCO3)c1N. The van der Waals surface area contributed by atoms with Crippen LogP contribution in [0, 0.1) is 6.92 Å². The lowest BCUT2D eigenvalue weighted by Gasteiger charge is -2.05. The van der Waals surface area contributed by atoms with E-state index in [1.165, 1.54) is 5.56 Å². The number of benzene rings is 1. The van der Waals surface area contributed by atoms with Gasteiger partial charge in [0, 0.05) is 18.5 Å². The predicted octanol–water partition coefficient (Wildman–Crippen LogP) is 2.56. The zero-order valence-electron chi connectivity index (χ0n) is 11.0. The van der Waals surface area contributed by atoms with Crippen LogP contribution in [0.4, 0.5) is 5.82 Å². The highest BCUT2D eigenvalue weighted by Gasteiger charge is 2.17. The van der Waals surface area contributed by atoms with E-state index in [0.29, 0.717) is 12.4 Å². The van der Waals surface area contributed by atoms with Crippen molar-refractivity contribution in [3.05, 3.63) is 42.2 Å². The lowest BCUT2D eigenvalue weighted by molar-refractivity contribution is 0.357. The highest BCUT2D eigenvalue weighted by Crippen LogP contribution is 2.32. The third kappa shape index (κ3) is 1.89. The number of allylic oxidation sites excluding steroid dienone is 1. The van der Waals surface area contributed by atoms with Crippen molar-refractivity contribution in [2.75, 3.05) is 12.3 Å². The van der Waals surface area contributed by atoms with Crippen LogP contribution in [-0.2, 0) is 13.0 Å². The Kier molecular flexibility index (Phi) is 2.78. The third-order valence-corrected chi connectivity index (χ3v) is 3.47. The van der Waals surface area contributed by atoms with Gasteiger partial charge in [0.15, 0.2) is 0 Å². The van der Waals surface area contributed by atoms with Crippen LogP contribution < -0.4 is 10.5 Å². The van der Waals surface area contributed by atoms with Crippen molar-refractivity contribution < 1.29 is 4.74 Å². The number of nitrogens with two attached hydrogens (primary N) is 1. The number of aryl methyl sites for hydroxylation is 1. The summed E-state index contributed by atoms with van der Waals surface area (Å²) in [7, 11) is 0. The van der Waals surface area contributed by atoms with Gasteiger partial charge in [0.05, 0.1) is 6.61 Å². The largest absolute Gasteiger partial charge is 0.493 e. The second kappa shape index (κ2) is 4.46. The second-order valence-corrected chi connectivity index (χ2v) is 4.71. The van der Waals surface area contributed by atoms with Gasteiger partial charge in [0.2, 0.25) is 0 Å². The van der Waals surface area contributed by atoms with Gasteiger partial charge in [-0.15, -0.1) is 6.58 Å². The van der Waals surface area contributed by atoms with Crippen LogP contribution in [0.3, 0.4) is 0 Å². The summed E-state index contributed by atoms with van der Waals surface area (Å²) in [6, 6.07) is 6.14. The monoisotopic (exact) mass is 255 g/mol. The number of hydrogen-bond acceptors (Lipinski definition) is 3. The Labute approximate surface area is 112 Å². The van der Waals surface area contributed by atoms with Crippen molar-refractivity contribution in [2.45, 2.75) is 19.9 Å². The minimum Gasteiger partial charge on any atom is -0.493 e. The average Bonchev–Trinajstić information content (AvgIpc) is 2.97. The summed E-state index contributed by atoms with van der Waals surface area (Å²) in [4.78, 5) is 4.57. The van der Waals surface area contributed by atoms with Gasteiger partial charge in [-0.25, -0.2) is 4.98 Å². The number of rotatable bonds is 3. The molecule has 0 fully saturated rings. The molecule has 2 heterocycles. The fraction of sp³-hybridized carbons (Fsp3) is 0.267. The molecule has 98 valence electrons. The maximum atomic E-state index is 6.19. The molecule has 0 unspecified atom stereocenters. The minimum absolute atomic E-state index is 0.679. The van der Waals surface area contributed by atoms with Crippen molar-refractivity contribution in [3.63, 3.8) is 0 Å². The topological polar surface area (TPSA) is 53.1 Å². The van der Waals surface area contributed by atoms with Crippen LogP contribution in [-0.4, -0.2) is 16.2 Å². The van der Waals surface area contributed by atoms with Gasteiger partial charge in [-0.3, -0.25) is 0 Å². The van der Waals surface area contributed by atoms with Crippen molar-refractivity contribution in [1.82, 2.24) is 9.55 Å². The number of nitrogens with zero attached hydrogens (tertiary/aromatic N) is 2. The Hall–Kier alpha value is -2.23. The molecule has 4 heteroatoms. The molecule has 0 saturated carbocycles. The van der Waals surface area contributed by atoms with Gasteiger partial charge in [-0.05, 0) is 30.7 Å². The summed E-state index contributed by atoms with van der Waals surface area (Å²) in [5.41, 5.74) is 9.31. The number of nitrogen functional groups attached to an aromatic ring is 1.